The molecule has 3 rings (SSSR count). The maximum Gasteiger partial charge on any atom is 0.310 e. The summed E-state index contributed by atoms with van der Waals surface area (Å²) < 4.78 is 6.03. The van der Waals surface area contributed by atoms with Crippen LogP contribution in [0.3, 0.4) is 0 Å². The van der Waals surface area contributed by atoms with Crippen molar-refractivity contribution >= 4 is 5.97 Å². The Bertz CT molecular complexity index is 481. The Balaban J connectivity index is 1.81. The van der Waals surface area contributed by atoms with E-state index in [0.717, 1.165) is 44.3 Å². The zero-order valence-corrected chi connectivity index (χ0v) is 11.7. The van der Waals surface area contributed by atoms with Gasteiger partial charge in [0.1, 0.15) is 5.60 Å². The fourth-order valence-electron chi connectivity index (χ4n) is 3.11. The van der Waals surface area contributed by atoms with E-state index < -0.39 is 5.60 Å². The van der Waals surface area contributed by atoms with Gasteiger partial charge in [-0.1, -0.05) is 42.5 Å². The lowest BCUT2D eigenvalue weighted by Crippen LogP contribution is -2.44. The van der Waals surface area contributed by atoms with Crippen LogP contribution in [-0.2, 0) is 15.1 Å². The molecule has 0 radical (unpaired) electrons. The highest BCUT2D eigenvalue weighted by Gasteiger charge is 2.39. The van der Waals surface area contributed by atoms with E-state index in [2.05, 4.69) is 29.6 Å². The summed E-state index contributed by atoms with van der Waals surface area (Å²) >= 11 is 0. The third-order valence-corrected chi connectivity index (χ3v) is 4.35. The third kappa shape index (κ3) is 2.63. The van der Waals surface area contributed by atoms with E-state index in [9.17, 15) is 4.79 Å². The molecule has 1 aliphatic carbocycles. The zero-order valence-electron chi connectivity index (χ0n) is 11.7. The van der Waals surface area contributed by atoms with Gasteiger partial charge in [-0.3, -0.25) is 4.79 Å². The maximum atomic E-state index is 12.4. The Hall–Kier alpha value is -1.61. The van der Waals surface area contributed by atoms with E-state index in [4.69, 9.17) is 4.74 Å². The largest absolute Gasteiger partial charge is 0.454 e. The number of nitrogens with one attached hydrogen (secondary N) is 1. The summed E-state index contributed by atoms with van der Waals surface area (Å²) in [7, 11) is 0. The lowest BCUT2D eigenvalue weighted by atomic mass is 9.84. The van der Waals surface area contributed by atoms with Crippen molar-refractivity contribution in [3.8, 4) is 0 Å². The molecular weight excluding hydrogens is 250 g/mol. The van der Waals surface area contributed by atoms with Gasteiger partial charge in [0.25, 0.3) is 0 Å². The lowest BCUT2D eigenvalue weighted by molar-refractivity contribution is -0.169. The molecule has 3 heteroatoms. The molecule has 1 fully saturated rings. The molecule has 1 aromatic carbocycles. The number of rotatable bonds is 3. The zero-order chi connectivity index (χ0) is 13.8. The second kappa shape index (κ2) is 5.80. The quantitative estimate of drug-likeness (QED) is 0.678. The van der Waals surface area contributed by atoms with Crippen LogP contribution in [0.25, 0.3) is 0 Å². The van der Waals surface area contributed by atoms with Gasteiger partial charge in [-0.2, -0.15) is 0 Å². The van der Waals surface area contributed by atoms with Crippen LogP contribution < -0.4 is 5.32 Å². The predicted octanol–water partition coefficient (Wildman–Crippen LogP) is 2.77. The van der Waals surface area contributed by atoms with Crippen LogP contribution in [0, 0.1) is 5.92 Å². The van der Waals surface area contributed by atoms with E-state index in [1.165, 1.54) is 0 Å². The van der Waals surface area contributed by atoms with Crippen LogP contribution in [0.2, 0.25) is 0 Å². The summed E-state index contributed by atoms with van der Waals surface area (Å²) in [5.74, 6) is -0.0220. The first-order valence-electron chi connectivity index (χ1n) is 7.44. The van der Waals surface area contributed by atoms with Gasteiger partial charge in [0.2, 0.25) is 0 Å². The summed E-state index contributed by atoms with van der Waals surface area (Å²) in [6.45, 7) is 1.79. The molecule has 106 valence electrons. The first-order valence-corrected chi connectivity index (χ1v) is 7.44. The molecule has 0 bridgehead atoms. The molecule has 0 aromatic heterocycles. The number of hydrogen-bond donors (Lipinski definition) is 1. The van der Waals surface area contributed by atoms with Crippen molar-refractivity contribution in [3.05, 3.63) is 48.0 Å². The van der Waals surface area contributed by atoms with Crippen LogP contribution in [0.4, 0.5) is 0 Å². The first kappa shape index (κ1) is 13.4. The molecule has 2 aliphatic rings. The molecule has 0 spiro atoms. The van der Waals surface area contributed by atoms with Crippen molar-refractivity contribution in [1.82, 2.24) is 5.32 Å². The van der Waals surface area contributed by atoms with Crippen molar-refractivity contribution in [3.63, 3.8) is 0 Å². The Kier molecular flexibility index (Phi) is 3.88. The van der Waals surface area contributed by atoms with Gasteiger partial charge < -0.3 is 10.1 Å². The van der Waals surface area contributed by atoms with Gasteiger partial charge in [-0.15, -0.1) is 0 Å². The smallest absolute Gasteiger partial charge is 0.310 e. The Morgan fingerprint density at radius 1 is 1.10 bits per heavy atom. The monoisotopic (exact) mass is 271 g/mol. The molecular formula is C17H21NO2. The topological polar surface area (TPSA) is 38.3 Å². The number of carbonyl (C=O) groups excluding carboxylic acids is 1. The summed E-state index contributed by atoms with van der Waals surface area (Å²) in [6.07, 6.45) is 7.49. The minimum Gasteiger partial charge on any atom is -0.454 e. The first-order chi connectivity index (χ1) is 9.80. The van der Waals surface area contributed by atoms with Crippen LogP contribution in [0.5, 0.6) is 0 Å². The molecule has 0 saturated carbocycles. The van der Waals surface area contributed by atoms with Crippen LogP contribution in [-0.4, -0.2) is 19.1 Å². The average Bonchev–Trinajstić information content (AvgIpc) is 3.03. The van der Waals surface area contributed by atoms with Crippen molar-refractivity contribution in [2.24, 2.45) is 5.92 Å². The number of carbonyl (C=O) groups is 1. The molecule has 1 aromatic rings. The van der Waals surface area contributed by atoms with Gasteiger partial charge in [-0.25, -0.2) is 0 Å². The van der Waals surface area contributed by atoms with Crippen molar-refractivity contribution in [2.45, 2.75) is 31.3 Å². The minimum atomic E-state index is -0.438. The number of allylic oxidation sites excluding steroid dienone is 2. The summed E-state index contributed by atoms with van der Waals surface area (Å²) in [4.78, 5) is 12.4. The Morgan fingerprint density at radius 3 is 2.40 bits per heavy atom. The van der Waals surface area contributed by atoms with E-state index in [0.29, 0.717) is 0 Å². The number of ether oxygens (including phenoxy) is 1. The fourth-order valence-corrected chi connectivity index (χ4v) is 3.11. The van der Waals surface area contributed by atoms with Crippen LogP contribution in [0.15, 0.2) is 42.5 Å². The van der Waals surface area contributed by atoms with E-state index in [1.807, 2.05) is 18.2 Å². The SMILES string of the molecule is O=C(OC1(c2ccccc2)CCNCC1)C1CC=CC1. The second-order valence-corrected chi connectivity index (χ2v) is 5.67. The molecule has 0 unspecified atom stereocenters. The van der Waals surface area contributed by atoms with Gasteiger partial charge in [0, 0.05) is 12.8 Å². The highest BCUT2D eigenvalue weighted by molar-refractivity contribution is 5.74. The van der Waals surface area contributed by atoms with Crippen molar-refractivity contribution < 1.29 is 9.53 Å². The number of piperidine rings is 1. The van der Waals surface area contributed by atoms with Gasteiger partial charge in [0.15, 0.2) is 0 Å². The van der Waals surface area contributed by atoms with Crippen LogP contribution >= 0.6 is 0 Å². The van der Waals surface area contributed by atoms with Crippen LogP contribution in [0.1, 0.15) is 31.2 Å². The van der Waals surface area contributed by atoms with E-state index in [1.54, 1.807) is 0 Å². The van der Waals surface area contributed by atoms with Crippen molar-refractivity contribution in [1.29, 1.82) is 0 Å². The summed E-state index contributed by atoms with van der Waals surface area (Å²) in [6, 6.07) is 10.2. The Morgan fingerprint density at radius 2 is 1.75 bits per heavy atom. The maximum absolute atomic E-state index is 12.4. The third-order valence-electron chi connectivity index (χ3n) is 4.35. The number of hydrogen-bond acceptors (Lipinski definition) is 3. The predicted molar refractivity (Wildman–Crippen MR) is 78.2 cm³/mol. The van der Waals surface area contributed by atoms with E-state index >= 15 is 0 Å². The summed E-state index contributed by atoms with van der Waals surface area (Å²) in [5.41, 5.74) is 0.687. The normalized spacial score (nSPS) is 21.8. The standard InChI is InChI=1S/C17H21NO2/c19-16(14-6-4-5-7-14)20-17(10-12-18-13-11-17)15-8-2-1-3-9-15/h1-5,8-9,14,18H,6-7,10-13H2. The van der Waals surface area contributed by atoms with E-state index in [-0.39, 0.29) is 11.9 Å². The Labute approximate surface area is 120 Å². The van der Waals surface area contributed by atoms with Gasteiger partial charge in [-0.05, 0) is 31.5 Å². The highest BCUT2D eigenvalue weighted by atomic mass is 16.6. The molecule has 0 amide bonds. The van der Waals surface area contributed by atoms with Crippen molar-refractivity contribution in [2.75, 3.05) is 13.1 Å². The highest BCUT2D eigenvalue weighted by Crippen LogP contribution is 2.36. The van der Waals surface area contributed by atoms with Gasteiger partial charge >= 0.3 is 5.97 Å². The minimum absolute atomic E-state index is 0.0190. The molecule has 1 N–H and O–H groups in total. The average molecular weight is 271 g/mol. The fraction of sp³-hybridized carbons (Fsp3) is 0.471. The second-order valence-electron chi connectivity index (χ2n) is 5.67. The molecule has 1 aliphatic heterocycles. The number of benzene rings is 1. The summed E-state index contributed by atoms with van der Waals surface area (Å²) in [5, 5.41) is 3.35. The molecule has 3 nitrogen and oxygen atoms in total. The molecule has 1 heterocycles. The van der Waals surface area contributed by atoms with Gasteiger partial charge in [0.05, 0.1) is 5.92 Å². The lowest BCUT2D eigenvalue weighted by Gasteiger charge is -2.38. The molecule has 0 atom stereocenters. The molecule has 20 heavy (non-hydrogen) atoms. The number of esters is 1. The molecule has 1 saturated heterocycles.